The van der Waals surface area contributed by atoms with E-state index in [-0.39, 0.29) is 6.54 Å². The van der Waals surface area contributed by atoms with E-state index in [1.165, 1.54) is 0 Å². The van der Waals surface area contributed by atoms with Crippen molar-refractivity contribution < 1.29 is 8.42 Å². The minimum atomic E-state index is -3.67. The molecule has 78 valence electrons. The number of hydrazine groups is 1. The lowest BCUT2D eigenvalue weighted by atomic mass is 10.2. The van der Waals surface area contributed by atoms with E-state index in [2.05, 4.69) is 10.1 Å². The molecular formula is C7H10ClN3O2S. The lowest BCUT2D eigenvalue weighted by molar-refractivity contribution is 0.596. The summed E-state index contributed by atoms with van der Waals surface area (Å²) in [5.41, 5.74) is 3.93. The summed E-state index contributed by atoms with van der Waals surface area (Å²) in [6.07, 6.45) is 0. The molecule has 5 nitrogen and oxygen atoms in total. The number of rotatable bonds is 4. The summed E-state index contributed by atoms with van der Waals surface area (Å²) in [6.45, 7) is 0.140. The van der Waals surface area contributed by atoms with Gasteiger partial charge in [-0.2, -0.15) is 13.1 Å². The van der Waals surface area contributed by atoms with Crippen LogP contribution < -0.4 is 16.0 Å². The number of hydrogen-bond acceptors (Lipinski definition) is 4. The Bertz CT molecular complexity index is 407. The van der Waals surface area contributed by atoms with Crippen LogP contribution in [0.25, 0.3) is 0 Å². The zero-order valence-corrected chi connectivity index (χ0v) is 8.77. The second kappa shape index (κ2) is 4.61. The van der Waals surface area contributed by atoms with Gasteiger partial charge in [-0.3, -0.25) is 5.84 Å². The van der Waals surface area contributed by atoms with E-state index in [9.17, 15) is 8.42 Å². The molecule has 0 unspecified atom stereocenters. The van der Waals surface area contributed by atoms with Gasteiger partial charge in [0.05, 0.1) is 0 Å². The summed E-state index contributed by atoms with van der Waals surface area (Å²) >= 11 is 0. The van der Waals surface area contributed by atoms with E-state index in [1.54, 1.807) is 24.3 Å². The number of nitrogens with one attached hydrogen (secondary N) is 2. The average molecular weight is 236 g/mol. The van der Waals surface area contributed by atoms with Crippen molar-refractivity contribution >= 4 is 25.6 Å². The van der Waals surface area contributed by atoms with Gasteiger partial charge in [-0.15, -0.1) is 0 Å². The molecule has 1 aromatic rings. The van der Waals surface area contributed by atoms with Crippen molar-refractivity contribution in [1.82, 2.24) is 4.72 Å². The molecule has 0 aromatic heterocycles. The quantitative estimate of drug-likeness (QED) is 0.404. The molecule has 0 amide bonds. The summed E-state index contributed by atoms with van der Waals surface area (Å²) in [6, 6.07) is 7.00. The largest absolute Gasteiger partial charge is 0.324 e. The molecule has 14 heavy (non-hydrogen) atoms. The van der Waals surface area contributed by atoms with Crippen molar-refractivity contribution in [3.8, 4) is 0 Å². The molecule has 0 heterocycles. The highest BCUT2D eigenvalue weighted by Gasteiger charge is 2.03. The van der Waals surface area contributed by atoms with E-state index in [4.69, 9.17) is 16.5 Å². The molecule has 7 heteroatoms. The molecule has 0 bridgehead atoms. The number of nitrogens with two attached hydrogens (primary N) is 1. The predicted molar refractivity (Wildman–Crippen MR) is 55.9 cm³/mol. The van der Waals surface area contributed by atoms with Crippen LogP contribution in [0, 0.1) is 0 Å². The summed E-state index contributed by atoms with van der Waals surface area (Å²) in [7, 11) is 1.31. The van der Waals surface area contributed by atoms with E-state index in [0.29, 0.717) is 5.69 Å². The van der Waals surface area contributed by atoms with Gasteiger partial charge in [-0.25, -0.2) is 0 Å². The zero-order chi connectivity index (χ0) is 10.6. The van der Waals surface area contributed by atoms with Crippen LogP contribution >= 0.6 is 10.7 Å². The Balaban J connectivity index is 2.68. The maximum Gasteiger partial charge on any atom is 0.297 e. The normalized spacial score (nSPS) is 11.3. The van der Waals surface area contributed by atoms with Crippen LogP contribution in [-0.4, -0.2) is 8.42 Å². The van der Waals surface area contributed by atoms with Crippen LogP contribution in [0.15, 0.2) is 24.3 Å². The SMILES string of the molecule is NNc1cccc(CNS(=O)(=O)Cl)c1. The molecule has 0 fully saturated rings. The molecule has 0 aliphatic carbocycles. The number of halogens is 1. The standard InChI is InChI=1S/C7H10ClN3O2S/c8-14(12,13)10-5-6-2-1-3-7(4-6)11-9/h1-4,10-11H,5,9H2. The Morgan fingerprint density at radius 2 is 2.14 bits per heavy atom. The van der Waals surface area contributed by atoms with Crippen LogP contribution in [-0.2, 0) is 15.8 Å². The Kier molecular flexibility index (Phi) is 3.70. The molecule has 4 N–H and O–H groups in total. The molecule has 0 saturated heterocycles. The highest BCUT2D eigenvalue weighted by atomic mass is 35.7. The van der Waals surface area contributed by atoms with Gasteiger partial charge < -0.3 is 5.43 Å². The van der Waals surface area contributed by atoms with Gasteiger partial charge in [-0.05, 0) is 17.7 Å². The van der Waals surface area contributed by atoms with Crippen molar-refractivity contribution in [3.63, 3.8) is 0 Å². The summed E-state index contributed by atoms with van der Waals surface area (Å²) in [4.78, 5) is 0. The first-order valence-electron chi connectivity index (χ1n) is 3.76. The number of hydrogen-bond donors (Lipinski definition) is 3. The van der Waals surface area contributed by atoms with Crippen LogP contribution in [0.5, 0.6) is 0 Å². The van der Waals surface area contributed by atoms with Crippen molar-refractivity contribution in [2.24, 2.45) is 5.84 Å². The number of anilines is 1. The predicted octanol–water partition coefficient (Wildman–Crippen LogP) is 0.545. The Morgan fingerprint density at radius 1 is 1.43 bits per heavy atom. The molecule has 1 aromatic carbocycles. The minimum absolute atomic E-state index is 0.140. The van der Waals surface area contributed by atoms with Crippen LogP contribution in [0.1, 0.15) is 5.56 Å². The average Bonchev–Trinajstić information content (AvgIpc) is 2.14. The van der Waals surface area contributed by atoms with Crippen LogP contribution in [0.2, 0.25) is 0 Å². The van der Waals surface area contributed by atoms with E-state index < -0.39 is 9.24 Å². The Labute approximate surface area is 86.8 Å². The fourth-order valence-electron chi connectivity index (χ4n) is 0.941. The van der Waals surface area contributed by atoms with Gasteiger partial charge in [0.2, 0.25) is 0 Å². The van der Waals surface area contributed by atoms with Crippen molar-refractivity contribution in [2.45, 2.75) is 6.54 Å². The molecule has 0 radical (unpaired) electrons. The van der Waals surface area contributed by atoms with Gasteiger partial charge in [0, 0.05) is 22.9 Å². The third-order valence-electron chi connectivity index (χ3n) is 1.54. The van der Waals surface area contributed by atoms with Crippen LogP contribution in [0.3, 0.4) is 0 Å². The molecule has 0 spiro atoms. The van der Waals surface area contributed by atoms with E-state index >= 15 is 0 Å². The third-order valence-corrected chi connectivity index (χ3v) is 2.36. The maximum atomic E-state index is 10.6. The summed E-state index contributed by atoms with van der Waals surface area (Å²) in [5, 5.41) is 0. The monoisotopic (exact) mass is 235 g/mol. The van der Waals surface area contributed by atoms with Gasteiger partial charge >= 0.3 is 0 Å². The molecule has 0 aliphatic heterocycles. The summed E-state index contributed by atoms with van der Waals surface area (Å²) in [5.74, 6) is 5.19. The lowest BCUT2D eigenvalue weighted by Gasteiger charge is -2.04. The zero-order valence-electron chi connectivity index (χ0n) is 7.20. The first-order chi connectivity index (χ1) is 6.51. The Morgan fingerprint density at radius 3 is 2.71 bits per heavy atom. The Hall–Kier alpha value is -0.820. The third kappa shape index (κ3) is 3.93. The van der Waals surface area contributed by atoms with Crippen molar-refractivity contribution in [1.29, 1.82) is 0 Å². The molecule has 0 aliphatic rings. The number of nitrogen functional groups attached to an aromatic ring is 1. The lowest BCUT2D eigenvalue weighted by Crippen LogP contribution is -2.17. The molecular weight excluding hydrogens is 226 g/mol. The smallest absolute Gasteiger partial charge is 0.297 e. The highest BCUT2D eigenvalue weighted by Crippen LogP contribution is 2.09. The highest BCUT2D eigenvalue weighted by molar-refractivity contribution is 8.12. The molecule has 0 atom stereocenters. The minimum Gasteiger partial charge on any atom is -0.324 e. The van der Waals surface area contributed by atoms with Gasteiger partial charge in [0.25, 0.3) is 9.24 Å². The van der Waals surface area contributed by atoms with E-state index in [0.717, 1.165) is 5.56 Å². The fraction of sp³-hybridized carbons (Fsp3) is 0.143. The van der Waals surface area contributed by atoms with Gasteiger partial charge in [0.1, 0.15) is 0 Å². The second-order valence-electron chi connectivity index (χ2n) is 2.60. The first-order valence-corrected chi connectivity index (χ1v) is 6.07. The topological polar surface area (TPSA) is 84.2 Å². The molecule has 0 saturated carbocycles. The van der Waals surface area contributed by atoms with Gasteiger partial charge in [0.15, 0.2) is 0 Å². The van der Waals surface area contributed by atoms with Gasteiger partial charge in [-0.1, -0.05) is 12.1 Å². The number of benzene rings is 1. The first kappa shape index (κ1) is 11.3. The van der Waals surface area contributed by atoms with Crippen molar-refractivity contribution in [2.75, 3.05) is 5.43 Å². The van der Waals surface area contributed by atoms with Crippen molar-refractivity contribution in [3.05, 3.63) is 29.8 Å². The second-order valence-corrected chi connectivity index (χ2v) is 4.99. The fourth-order valence-corrected chi connectivity index (χ4v) is 1.44. The summed E-state index contributed by atoms with van der Waals surface area (Å²) < 4.78 is 23.3. The van der Waals surface area contributed by atoms with E-state index in [1.807, 2.05) is 0 Å². The molecule has 1 rings (SSSR count). The van der Waals surface area contributed by atoms with Crippen LogP contribution in [0.4, 0.5) is 5.69 Å². The maximum absolute atomic E-state index is 10.6.